The molecule has 1 aromatic carbocycles. The smallest absolute Gasteiger partial charge is 0.240 e. The average molecular weight is 381 g/mol. The molecule has 1 aromatic rings. The number of amides is 1. The van der Waals surface area contributed by atoms with Gasteiger partial charge < -0.3 is 10.1 Å². The molecule has 128 valence electrons. The lowest BCUT2D eigenvalue weighted by molar-refractivity contribution is -0.120. The molecule has 0 spiro atoms. The highest BCUT2D eigenvalue weighted by Crippen LogP contribution is 2.26. The van der Waals surface area contributed by atoms with Crippen molar-refractivity contribution in [2.24, 2.45) is 0 Å². The van der Waals surface area contributed by atoms with Crippen molar-refractivity contribution in [3.05, 3.63) is 28.2 Å². The van der Waals surface area contributed by atoms with Crippen molar-refractivity contribution in [2.45, 2.75) is 18.9 Å². The molecule has 1 aliphatic heterocycles. The van der Waals surface area contributed by atoms with E-state index in [-0.39, 0.29) is 18.3 Å². The summed E-state index contributed by atoms with van der Waals surface area (Å²) in [6.45, 7) is 0.714. The molecule has 2 rings (SSSR count). The monoisotopic (exact) mass is 380 g/mol. The molecule has 0 radical (unpaired) electrons. The fourth-order valence-corrected chi connectivity index (χ4v) is 3.66. The first-order valence-corrected chi connectivity index (χ1v) is 9.68. The third kappa shape index (κ3) is 5.53. The van der Waals surface area contributed by atoms with Gasteiger partial charge in [0.05, 0.1) is 18.0 Å². The van der Waals surface area contributed by atoms with Crippen LogP contribution in [0.1, 0.15) is 12.8 Å². The van der Waals surface area contributed by atoms with Gasteiger partial charge in [-0.05, 0) is 31.0 Å². The zero-order valence-electron chi connectivity index (χ0n) is 12.6. The molecule has 0 unspecified atom stereocenters. The molecule has 1 saturated heterocycles. The van der Waals surface area contributed by atoms with Crippen LogP contribution in [-0.4, -0.2) is 46.4 Å². The maximum atomic E-state index is 12.1. The molecular formula is C14H18Cl2N2O4S. The summed E-state index contributed by atoms with van der Waals surface area (Å²) in [5.74, 6) is -0.415. The van der Waals surface area contributed by atoms with Crippen LogP contribution in [0.25, 0.3) is 0 Å². The molecular weight excluding hydrogens is 363 g/mol. The molecule has 1 heterocycles. The van der Waals surface area contributed by atoms with Gasteiger partial charge in [0.1, 0.15) is 6.54 Å². The second-order valence-corrected chi connectivity index (χ2v) is 8.12. The molecule has 0 bridgehead atoms. The number of nitrogens with one attached hydrogen (secondary N) is 1. The van der Waals surface area contributed by atoms with Gasteiger partial charge in [-0.1, -0.05) is 23.2 Å². The van der Waals surface area contributed by atoms with Crippen molar-refractivity contribution in [3.8, 4) is 0 Å². The van der Waals surface area contributed by atoms with E-state index >= 15 is 0 Å². The molecule has 1 aliphatic rings. The molecule has 0 saturated carbocycles. The Morgan fingerprint density at radius 3 is 2.52 bits per heavy atom. The first kappa shape index (κ1) is 18.3. The number of anilines is 1. The summed E-state index contributed by atoms with van der Waals surface area (Å²) >= 11 is 11.8. The van der Waals surface area contributed by atoms with Crippen molar-refractivity contribution in [3.63, 3.8) is 0 Å². The zero-order chi connectivity index (χ0) is 17.0. The molecule has 1 fully saturated rings. The number of carbonyl (C=O) groups is 1. The number of rotatable bonds is 6. The summed E-state index contributed by atoms with van der Waals surface area (Å²) in [6, 6.07) is 4.38. The van der Waals surface area contributed by atoms with Gasteiger partial charge in [-0.3, -0.25) is 9.10 Å². The fourth-order valence-electron chi connectivity index (χ4n) is 2.30. The van der Waals surface area contributed by atoms with E-state index in [1.54, 1.807) is 0 Å². The van der Waals surface area contributed by atoms with Gasteiger partial charge in [-0.25, -0.2) is 8.42 Å². The number of carbonyl (C=O) groups excluding carboxylic acids is 1. The van der Waals surface area contributed by atoms with Gasteiger partial charge in [-0.15, -0.1) is 0 Å². The number of nitrogens with zero attached hydrogens (tertiary/aromatic N) is 1. The lowest BCUT2D eigenvalue weighted by Crippen LogP contribution is -2.42. The Morgan fingerprint density at radius 1 is 1.35 bits per heavy atom. The fraction of sp³-hybridized carbons (Fsp3) is 0.500. The summed E-state index contributed by atoms with van der Waals surface area (Å²) in [5, 5.41) is 3.28. The molecule has 1 N–H and O–H groups in total. The predicted molar refractivity (Wildman–Crippen MR) is 90.6 cm³/mol. The lowest BCUT2D eigenvalue weighted by Gasteiger charge is -2.22. The number of benzene rings is 1. The van der Waals surface area contributed by atoms with Gasteiger partial charge in [0.15, 0.2) is 0 Å². The first-order chi connectivity index (χ1) is 10.8. The molecule has 9 heteroatoms. The van der Waals surface area contributed by atoms with Gasteiger partial charge in [0, 0.05) is 23.2 Å². The Morgan fingerprint density at radius 2 is 2.00 bits per heavy atom. The highest BCUT2D eigenvalue weighted by Gasteiger charge is 2.23. The Balaban J connectivity index is 2.08. The van der Waals surface area contributed by atoms with E-state index in [4.69, 9.17) is 27.9 Å². The number of ether oxygens (including phenoxy) is 1. The predicted octanol–water partition coefficient (Wildman–Crippen LogP) is 2.05. The van der Waals surface area contributed by atoms with Crippen molar-refractivity contribution >= 4 is 44.8 Å². The third-order valence-corrected chi connectivity index (χ3v) is 4.95. The normalized spacial score (nSPS) is 18.0. The number of hydrogen-bond donors (Lipinski definition) is 1. The van der Waals surface area contributed by atoms with Crippen LogP contribution in [0.4, 0.5) is 5.69 Å². The number of sulfonamides is 1. The first-order valence-electron chi connectivity index (χ1n) is 7.08. The van der Waals surface area contributed by atoms with Crippen LogP contribution < -0.4 is 9.62 Å². The van der Waals surface area contributed by atoms with E-state index < -0.39 is 15.9 Å². The highest BCUT2D eigenvalue weighted by atomic mass is 35.5. The maximum Gasteiger partial charge on any atom is 0.240 e. The zero-order valence-corrected chi connectivity index (χ0v) is 14.9. The van der Waals surface area contributed by atoms with Crippen LogP contribution in [0.5, 0.6) is 0 Å². The van der Waals surface area contributed by atoms with Gasteiger partial charge in [-0.2, -0.15) is 0 Å². The van der Waals surface area contributed by atoms with Crippen LogP contribution in [-0.2, 0) is 19.6 Å². The largest absolute Gasteiger partial charge is 0.376 e. The minimum atomic E-state index is -3.66. The van der Waals surface area contributed by atoms with Crippen molar-refractivity contribution in [1.82, 2.24) is 5.32 Å². The van der Waals surface area contributed by atoms with Gasteiger partial charge in [0.2, 0.25) is 15.9 Å². The van der Waals surface area contributed by atoms with E-state index in [1.807, 2.05) is 0 Å². The maximum absolute atomic E-state index is 12.1. The summed E-state index contributed by atoms with van der Waals surface area (Å²) in [6.07, 6.45) is 2.87. The molecule has 6 nitrogen and oxygen atoms in total. The average Bonchev–Trinajstić information content (AvgIpc) is 2.93. The second kappa shape index (κ2) is 7.70. The van der Waals surface area contributed by atoms with Crippen molar-refractivity contribution in [1.29, 1.82) is 0 Å². The van der Waals surface area contributed by atoms with Gasteiger partial charge in [0.25, 0.3) is 0 Å². The van der Waals surface area contributed by atoms with E-state index in [1.165, 1.54) is 18.2 Å². The second-order valence-electron chi connectivity index (χ2n) is 5.34. The van der Waals surface area contributed by atoms with Crippen LogP contribution in [0.2, 0.25) is 10.0 Å². The van der Waals surface area contributed by atoms with E-state index in [0.29, 0.717) is 23.2 Å². The SMILES string of the molecule is CS(=O)(=O)N(CC(=O)NC[C@@H]1CCCO1)c1cc(Cl)cc(Cl)c1. The quantitative estimate of drug-likeness (QED) is 0.819. The summed E-state index contributed by atoms with van der Waals surface area (Å²) in [7, 11) is -3.66. The van der Waals surface area contributed by atoms with E-state index in [0.717, 1.165) is 23.4 Å². The minimum absolute atomic E-state index is 0.00810. The highest BCUT2D eigenvalue weighted by molar-refractivity contribution is 7.92. The Kier molecular flexibility index (Phi) is 6.13. The van der Waals surface area contributed by atoms with E-state index in [9.17, 15) is 13.2 Å². The molecule has 23 heavy (non-hydrogen) atoms. The number of hydrogen-bond acceptors (Lipinski definition) is 4. The Hall–Kier alpha value is -1.02. The molecule has 0 aliphatic carbocycles. The van der Waals surface area contributed by atoms with E-state index in [2.05, 4.69) is 5.32 Å². The standard InChI is InChI=1S/C14H18Cl2N2O4S/c1-23(20,21)18(12-6-10(15)5-11(16)7-12)9-14(19)17-8-13-3-2-4-22-13/h5-7,13H,2-4,8-9H2,1H3,(H,17,19)/t13-/m0/s1. The van der Waals surface area contributed by atoms with Crippen LogP contribution in [0.3, 0.4) is 0 Å². The van der Waals surface area contributed by atoms with Crippen LogP contribution in [0, 0.1) is 0 Å². The van der Waals surface area contributed by atoms with Crippen LogP contribution >= 0.6 is 23.2 Å². The molecule has 1 atom stereocenters. The van der Waals surface area contributed by atoms with Crippen molar-refractivity contribution in [2.75, 3.05) is 30.3 Å². The Labute approximate surface area is 145 Å². The summed E-state index contributed by atoms with van der Waals surface area (Å²) in [5.41, 5.74) is 0.247. The number of halogens is 2. The topological polar surface area (TPSA) is 75.7 Å². The summed E-state index contributed by atoms with van der Waals surface area (Å²) in [4.78, 5) is 12.1. The third-order valence-electron chi connectivity index (χ3n) is 3.37. The minimum Gasteiger partial charge on any atom is -0.376 e. The lowest BCUT2D eigenvalue weighted by atomic mass is 10.2. The Bertz CT molecular complexity index is 655. The van der Waals surface area contributed by atoms with Crippen molar-refractivity contribution < 1.29 is 17.9 Å². The molecule has 0 aromatic heterocycles. The van der Waals surface area contributed by atoms with Crippen LogP contribution in [0.15, 0.2) is 18.2 Å². The molecule has 1 amide bonds. The van der Waals surface area contributed by atoms with Gasteiger partial charge >= 0.3 is 0 Å². The summed E-state index contributed by atoms with van der Waals surface area (Å²) < 4.78 is 30.3.